The molecule has 0 radical (unpaired) electrons. The van der Waals surface area contributed by atoms with Crippen LogP contribution in [-0.2, 0) is 18.4 Å². The molecule has 0 fully saturated rings. The average molecular weight is 283 g/mol. The van der Waals surface area contributed by atoms with Gasteiger partial charge in [-0.25, -0.2) is 9.67 Å². The number of benzene rings is 1. The first-order valence-corrected chi connectivity index (χ1v) is 6.33. The van der Waals surface area contributed by atoms with Crippen LogP contribution in [0.5, 0.6) is 0 Å². The van der Waals surface area contributed by atoms with Gasteiger partial charge in [0.15, 0.2) is 5.82 Å². The van der Waals surface area contributed by atoms with Crippen LogP contribution >= 0.6 is 0 Å². The Bertz CT molecular complexity index is 790. The fourth-order valence-corrected chi connectivity index (χ4v) is 2.12. The van der Waals surface area contributed by atoms with E-state index >= 15 is 0 Å². The minimum absolute atomic E-state index is 0.200. The van der Waals surface area contributed by atoms with Gasteiger partial charge in [-0.3, -0.25) is 9.48 Å². The molecule has 0 saturated carbocycles. The van der Waals surface area contributed by atoms with Gasteiger partial charge in [0.25, 0.3) is 0 Å². The summed E-state index contributed by atoms with van der Waals surface area (Å²) in [6.45, 7) is -0.200. The molecular weight excluding hydrogens is 270 g/mol. The average Bonchev–Trinajstić information content (AvgIpc) is 3.07. The Balaban J connectivity index is 1.95. The topological polar surface area (TPSA) is 85.8 Å². The van der Waals surface area contributed by atoms with Crippen LogP contribution in [0, 0.1) is 0 Å². The first kappa shape index (κ1) is 13.0. The Kier molecular flexibility index (Phi) is 3.23. The largest absolute Gasteiger partial charge is 0.480 e. The smallest absolute Gasteiger partial charge is 0.325 e. The van der Waals surface area contributed by atoms with Gasteiger partial charge in [0.2, 0.25) is 0 Å². The Morgan fingerprint density at radius 2 is 2.10 bits per heavy atom. The molecule has 2 aromatic heterocycles. The van der Waals surface area contributed by atoms with Crippen molar-refractivity contribution in [2.45, 2.75) is 6.54 Å². The summed E-state index contributed by atoms with van der Waals surface area (Å²) in [6, 6.07) is 9.66. The van der Waals surface area contributed by atoms with Crippen molar-refractivity contribution in [3.8, 4) is 22.6 Å². The highest BCUT2D eigenvalue weighted by Gasteiger charge is 2.09. The van der Waals surface area contributed by atoms with Gasteiger partial charge < -0.3 is 5.11 Å². The Hall–Kier alpha value is -2.96. The summed E-state index contributed by atoms with van der Waals surface area (Å²) < 4.78 is 3.09. The van der Waals surface area contributed by atoms with Crippen molar-refractivity contribution in [1.29, 1.82) is 0 Å². The number of aryl methyl sites for hydroxylation is 1. The fourth-order valence-electron chi connectivity index (χ4n) is 2.12. The molecule has 21 heavy (non-hydrogen) atoms. The van der Waals surface area contributed by atoms with Crippen LogP contribution in [0.4, 0.5) is 0 Å². The number of carboxylic acids is 1. The molecule has 0 aliphatic carbocycles. The highest BCUT2D eigenvalue weighted by Crippen LogP contribution is 2.23. The summed E-state index contributed by atoms with van der Waals surface area (Å²) in [5.41, 5.74) is 2.82. The van der Waals surface area contributed by atoms with Crippen LogP contribution in [0.1, 0.15) is 0 Å². The molecule has 0 aliphatic rings. The van der Waals surface area contributed by atoms with E-state index in [0.717, 1.165) is 16.8 Å². The zero-order valence-electron chi connectivity index (χ0n) is 11.3. The lowest BCUT2D eigenvalue weighted by atomic mass is 10.1. The van der Waals surface area contributed by atoms with Crippen molar-refractivity contribution in [3.63, 3.8) is 0 Å². The van der Waals surface area contributed by atoms with Gasteiger partial charge in [-0.1, -0.05) is 18.2 Å². The molecule has 7 heteroatoms. The predicted octanol–water partition coefficient (Wildman–Crippen LogP) is 1.43. The second kappa shape index (κ2) is 5.20. The van der Waals surface area contributed by atoms with Gasteiger partial charge in [-0.15, -0.1) is 0 Å². The number of hydrogen-bond acceptors (Lipinski definition) is 4. The molecule has 1 N–H and O–H groups in total. The Labute approximate surface area is 120 Å². The number of carbonyl (C=O) groups is 1. The summed E-state index contributed by atoms with van der Waals surface area (Å²) in [5, 5.41) is 17.1. The van der Waals surface area contributed by atoms with E-state index in [1.54, 1.807) is 10.9 Å². The molecule has 1 aromatic carbocycles. The zero-order valence-corrected chi connectivity index (χ0v) is 11.3. The summed E-state index contributed by atoms with van der Waals surface area (Å²) in [4.78, 5) is 14.8. The van der Waals surface area contributed by atoms with Gasteiger partial charge in [0, 0.05) is 24.4 Å². The molecule has 0 aliphatic heterocycles. The van der Waals surface area contributed by atoms with Crippen molar-refractivity contribution in [2.24, 2.45) is 7.05 Å². The third-order valence-corrected chi connectivity index (χ3v) is 3.07. The molecule has 7 nitrogen and oxygen atoms in total. The molecule has 0 bridgehead atoms. The van der Waals surface area contributed by atoms with Gasteiger partial charge in [0.1, 0.15) is 12.9 Å². The Morgan fingerprint density at radius 3 is 2.81 bits per heavy atom. The van der Waals surface area contributed by atoms with Crippen LogP contribution in [0.3, 0.4) is 0 Å². The number of rotatable bonds is 4. The SMILES string of the molecule is Cn1nccc1-c1cccc(-c2ncn(CC(=O)O)n2)c1. The minimum Gasteiger partial charge on any atom is -0.480 e. The second-order valence-corrected chi connectivity index (χ2v) is 4.58. The standard InChI is InChI=1S/C14H13N5O2/c1-18-12(5-6-16-18)10-3-2-4-11(7-10)14-15-9-19(17-14)8-13(20)21/h2-7,9H,8H2,1H3,(H,20,21). The van der Waals surface area contributed by atoms with Crippen LogP contribution in [-0.4, -0.2) is 35.6 Å². The van der Waals surface area contributed by atoms with E-state index in [1.807, 2.05) is 37.4 Å². The Morgan fingerprint density at radius 1 is 1.29 bits per heavy atom. The van der Waals surface area contributed by atoms with E-state index in [2.05, 4.69) is 15.2 Å². The van der Waals surface area contributed by atoms with Gasteiger partial charge in [0.05, 0.1) is 5.69 Å². The van der Waals surface area contributed by atoms with Crippen LogP contribution in [0.25, 0.3) is 22.6 Å². The molecule has 0 unspecified atom stereocenters. The quantitative estimate of drug-likeness (QED) is 0.782. The summed E-state index contributed by atoms with van der Waals surface area (Å²) >= 11 is 0. The monoisotopic (exact) mass is 283 g/mol. The molecule has 106 valence electrons. The molecule has 2 heterocycles. The lowest BCUT2D eigenvalue weighted by molar-refractivity contribution is -0.137. The molecule has 3 rings (SSSR count). The maximum Gasteiger partial charge on any atom is 0.325 e. The number of hydrogen-bond donors (Lipinski definition) is 1. The normalized spacial score (nSPS) is 10.7. The minimum atomic E-state index is -0.949. The highest BCUT2D eigenvalue weighted by atomic mass is 16.4. The fraction of sp³-hybridized carbons (Fsp3) is 0.143. The van der Waals surface area contributed by atoms with Crippen molar-refractivity contribution in [2.75, 3.05) is 0 Å². The zero-order chi connectivity index (χ0) is 14.8. The van der Waals surface area contributed by atoms with Gasteiger partial charge in [-0.2, -0.15) is 10.2 Å². The lowest BCUT2D eigenvalue weighted by Gasteiger charge is -2.03. The van der Waals surface area contributed by atoms with E-state index in [9.17, 15) is 4.79 Å². The van der Waals surface area contributed by atoms with E-state index in [1.165, 1.54) is 11.0 Å². The second-order valence-electron chi connectivity index (χ2n) is 4.58. The molecule has 0 amide bonds. The summed E-state index contributed by atoms with van der Waals surface area (Å²) in [5.74, 6) is -0.449. The molecule has 0 atom stereocenters. The van der Waals surface area contributed by atoms with Crippen molar-refractivity contribution in [1.82, 2.24) is 24.5 Å². The van der Waals surface area contributed by atoms with Crippen LogP contribution in [0.15, 0.2) is 42.9 Å². The van der Waals surface area contributed by atoms with E-state index in [-0.39, 0.29) is 6.54 Å². The van der Waals surface area contributed by atoms with Crippen molar-refractivity contribution in [3.05, 3.63) is 42.9 Å². The maximum absolute atomic E-state index is 10.7. The maximum atomic E-state index is 10.7. The van der Waals surface area contributed by atoms with Gasteiger partial charge >= 0.3 is 5.97 Å². The van der Waals surface area contributed by atoms with Crippen LogP contribution in [0.2, 0.25) is 0 Å². The third kappa shape index (κ3) is 2.66. The molecular formula is C14H13N5O2. The van der Waals surface area contributed by atoms with E-state index < -0.39 is 5.97 Å². The highest BCUT2D eigenvalue weighted by molar-refractivity contribution is 5.68. The number of nitrogens with zero attached hydrogens (tertiary/aromatic N) is 5. The van der Waals surface area contributed by atoms with E-state index in [4.69, 9.17) is 5.11 Å². The van der Waals surface area contributed by atoms with Crippen molar-refractivity contribution >= 4 is 5.97 Å². The first-order valence-electron chi connectivity index (χ1n) is 6.33. The number of aromatic nitrogens is 5. The molecule has 3 aromatic rings. The molecule has 0 spiro atoms. The van der Waals surface area contributed by atoms with Crippen molar-refractivity contribution < 1.29 is 9.90 Å². The van der Waals surface area contributed by atoms with Gasteiger partial charge in [-0.05, 0) is 12.1 Å². The number of aliphatic carboxylic acids is 1. The van der Waals surface area contributed by atoms with E-state index in [0.29, 0.717) is 5.82 Å². The predicted molar refractivity (Wildman–Crippen MR) is 75.3 cm³/mol. The first-order chi connectivity index (χ1) is 10.1. The number of carboxylic acid groups (broad SMARTS) is 1. The summed E-state index contributed by atoms with van der Waals surface area (Å²) in [7, 11) is 1.88. The summed E-state index contributed by atoms with van der Waals surface area (Å²) in [6.07, 6.45) is 3.15. The van der Waals surface area contributed by atoms with Crippen LogP contribution < -0.4 is 0 Å². The lowest BCUT2D eigenvalue weighted by Crippen LogP contribution is -2.08. The molecule has 0 saturated heterocycles. The third-order valence-electron chi connectivity index (χ3n) is 3.07.